The Morgan fingerprint density at radius 3 is 2.52 bits per heavy atom. The number of amides is 1. The van der Waals surface area contributed by atoms with E-state index in [9.17, 15) is 4.79 Å². The van der Waals surface area contributed by atoms with Crippen LogP contribution >= 0.6 is 0 Å². The van der Waals surface area contributed by atoms with Crippen LogP contribution in [0.4, 0.5) is 0 Å². The van der Waals surface area contributed by atoms with Crippen molar-refractivity contribution in [1.82, 2.24) is 15.1 Å². The van der Waals surface area contributed by atoms with Gasteiger partial charge in [0.2, 0.25) is 5.91 Å². The lowest BCUT2D eigenvalue weighted by atomic mass is 9.95. The zero-order valence-electron chi connectivity index (χ0n) is 16.0. The molecule has 2 heterocycles. The zero-order chi connectivity index (χ0) is 17.8. The highest BCUT2D eigenvalue weighted by molar-refractivity contribution is 5.83. The first kappa shape index (κ1) is 18.4. The number of rotatable bonds is 4. The maximum atomic E-state index is 13.5. The molecule has 2 fully saturated rings. The van der Waals surface area contributed by atoms with E-state index in [-0.39, 0.29) is 6.04 Å². The Bertz CT molecular complexity index is 563. The van der Waals surface area contributed by atoms with Gasteiger partial charge < -0.3 is 10.2 Å². The lowest BCUT2D eigenvalue weighted by molar-refractivity contribution is -0.140. The molecular formula is C21H33N3O. The van der Waals surface area contributed by atoms with Gasteiger partial charge in [-0.15, -0.1) is 0 Å². The molecule has 4 nitrogen and oxygen atoms in total. The number of piperidine rings is 1. The molecule has 1 aromatic rings. The second-order valence-electron chi connectivity index (χ2n) is 7.83. The quantitative estimate of drug-likeness (QED) is 0.913. The van der Waals surface area contributed by atoms with Crippen LogP contribution in [0.2, 0.25) is 0 Å². The van der Waals surface area contributed by atoms with Crippen LogP contribution in [0.15, 0.2) is 24.3 Å². The summed E-state index contributed by atoms with van der Waals surface area (Å²) in [6.07, 6.45) is 3.33. The first-order chi connectivity index (χ1) is 12.1. The van der Waals surface area contributed by atoms with Crippen LogP contribution in [0, 0.1) is 12.8 Å². The lowest BCUT2D eigenvalue weighted by Crippen LogP contribution is -2.56. The molecule has 2 aliphatic rings. The van der Waals surface area contributed by atoms with Gasteiger partial charge >= 0.3 is 0 Å². The minimum atomic E-state index is -0.138. The van der Waals surface area contributed by atoms with Crippen molar-refractivity contribution in [1.29, 1.82) is 0 Å². The average Bonchev–Trinajstić information content (AvgIpc) is 2.64. The number of carbonyl (C=O) groups excluding carboxylic acids is 1. The smallest absolute Gasteiger partial charge is 0.244 e. The van der Waals surface area contributed by atoms with Crippen molar-refractivity contribution in [3.8, 4) is 0 Å². The molecule has 4 heteroatoms. The molecule has 2 aliphatic heterocycles. The van der Waals surface area contributed by atoms with Gasteiger partial charge in [-0.2, -0.15) is 0 Å². The topological polar surface area (TPSA) is 35.6 Å². The summed E-state index contributed by atoms with van der Waals surface area (Å²) < 4.78 is 0. The van der Waals surface area contributed by atoms with Crippen LogP contribution in [0.5, 0.6) is 0 Å². The number of nitrogens with zero attached hydrogens (tertiary/aromatic N) is 2. The van der Waals surface area contributed by atoms with Gasteiger partial charge in [-0.3, -0.25) is 9.69 Å². The summed E-state index contributed by atoms with van der Waals surface area (Å²) in [5.74, 6) is 1.04. The lowest BCUT2D eigenvalue weighted by Gasteiger charge is -2.43. The standard InChI is InChI=1S/C21H33N3O/c1-4-19-15-22-11-14-24(19)20(18-7-5-16(2)6-8-18)21(25)23-12-9-17(3)10-13-23/h5-8,17,19-20,22H,4,9-15H2,1-3H3. The maximum Gasteiger partial charge on any atom is 0.244 e. The molecule has 2 atom stereocenters. The van der Waals surface area contributed by atoms with Crippen molar-refractivity contribution in [2.24, 2.45) is 5.92 Å². The van der Waals surface area contributed by atoms with Crippen molar-refractivity contribution in [3.05, 3.63) is 35.4 Å². The second kappa shape index (κ2) is 8.33. The molecule has 0 radical (unpaired) electrons. The van der Waals surface area contributed by atoms with Crippen molar-refractivity contribution in [3.63, 3.8) is 0 Å². The third-order valence-electron chi connectivity index (χ3n) is 5.92. The van der Waals surface area contributed by atoms with Crippen LogP contribution in [-0.4, -0.2) is 54.5 Å². The van der Waals surface area contributed by atoms with Crippen LogP contribution in [0.25, 0.3) is 0 Å². The van der Waals surface area contributed by atoms with Crippen molar-refractivity contribution < 1.29 is 4.79 Å². The number of aryl methyl sites for hydroxylation is 1. The van der Waals surface area contributed by atoms with Gasteiger partial charge in [0.1, 0.15) is 6.04 Å². The molecule has 1 aromatic carbocycles. The van der Waals surface area contributed by atoms with E-state index in [4.69, 9.17) is 0 Å². The number of benzene rings is 1. The largest absolute Gasteiger partial charge is 0.341 e. The van der Waals surface area contributed by atoms with Gasteiger partial charge in [-0.05, 0) is 37.7 Å². The van der Waals surface area contributed by atoms with Gasteiger partial charge in [-0.1, -0.05) is 43.7 Å². The van der Waals surface area contributed by atoms with Crippen LogP contribution in [0.1, 0.15) is 50.3 Å². The minimum Gasteiger partial charge on any atom is -0.341 e. The molecule has 1 amide bonds. The number of nitrogens with one attached hydrogen (secondary N) is 1. The van der Waals surface area contributed by atoms with Crippen molar-refractivity contribution >= 4 is 5.91 Å². The van der Waals surface area contributed by atoms with E-state index in [0.29, 0.717) is 11.9 Å². The second-order valence-corrected chi connectivity index (χ2v) is 7.83. The van der Waals surface area contributed by atoms with Gasteiger partial charge in [0.25, 0.3) is 0 Å². The van der Waals surface area contributed by atoms with Crippen LogP contribution < -0.4 is 5.32 Å². The van der Waals surface area contributed by atoms with E-state index < -0.39 is 0 Å². The molecule has 138 valence electrons. The normalized spacial score (nSPS) is 24.3. The summed E-state index contributed by atoms with van der Waals surface area (Å²) in [7, 11) is 0. The summed E-state index contributed by atoms with van der Waals surface area (Å²) in [6.45, 7) is 11.3. The molecule has 0 aromatic heterocycles. The van der Waals surface area contributed by atoms with E-state index in [0.717, 1.165) is 63.5 Å². The Morgan fingerprint density at radius 2 is 1.88 bits per heavy atom. The monoisotopic (exact) mass is 343 g/mol. The highest BCUT2D eigenvalue weighted by Gasteiger charge is 2.36. The van der Waals surface area contributed by atoms with Gasteiger partial charge in [0.05, 0.1) is 0 Å². The summed E-state index contributed by atoms with van der Waals surface area (Å²) >= 11 is 0. The van der Waals surface area contributed by atoms with E-state index in [2.05, 4.69) is 60.2 Å². The molecule has 0 spiro atoms. The first-order valence-electron chi connectivity index (χ1n) is 9.92. The fourth-order valence-corrected chi connectivity index (χ4v) is 4.12. The molecular weight excluding hydrogens is 310 g/mol. The number of hydrogen-bond donors (Lipinski definition) is 1. The molecule has 3 rings (SSSR count). The molecule has 2 unspecified atom stereocenters. The first-order valence-corrected chi connectivity index (χ1v) is 9.92. The number of hydrogen-bond acceptors (Lipinski definition) is 3. The number of carbonyl (C=O) groups is 1. The SMILES string of the molecule is CCC1CNCCN1C(C(=O)N1CCC(C)CC1)c1ccc(C)cc1. The Balaban J connectivity index is 1.88. The Morgan fingerprint density at radius 1 is 1.20 bits per heavy atom. The van der Waals surface area contributed by atoms with E-state index >= 15 is 0 Å². The fourth-order valence-electron chi connectivity index (χ4n) is 4.12. The average molecular weight is 344 g/mol. The number of likely N-dealkylation sites (tertiary alicyclic amines) is 1. The van der Waals surface area contributed by atoms with Crippen LogP contribution in [0.3, 0.4) is 0 Å². The van der Waals surface area contributed by atoms with Gasteiger partial charge in [-0.25, -0.2) is 0 Å². The number of piperazine rings is 1. The van der Waals surface area contributed by atoms with E-state index in [1.165, 1.54) is 5.56 Å². The minimum absolute atomic E-state index is 0.138. The van der Waals surface area contributed by atoms with Gasteiger partial charge in [0.15, 0.2) is 0 Å². The zero-order valence-corrected chi connectivity index (χ0v) is 16.0. The summed E-state index contributed by atoms with van der Waals surface area (Å²) in [4.78, 5) is 18.1. The van der Waals surface area contributed by atoms with E-state index in [1.807, 2.05) is 0 Å². The van der Waals surface area contributed by atoms with Crippen molar-refractivity contribution in [2.45, 2.75) is 52.1 Å². The third kappa shape index (κ3) is 4.24. The highest BCUT2D eigenvalue weighted by atomic mass is 16.2. The molecule has 1 N–H and O–H groups in total. The predicted molar refractivity (Wildman–Crippen MR) is 103 cm³/mol. The Labute approximate surface area is 152 Å². The van der Waals surface area contributed by atoms with Crippen molar-refractivity contribution in [2.75, 3.05) is 32.7 Å². The highest BCUT2D eigenvalue weighted by Crippen LogP contribution is 2.29. The molecule has 25 heavy (non-hydrogen) atoms. The maximum absolute atomic E-state index is 13.5. The predicted octanol–water partition coefficient (Wildman–Crippen LogP) is 2.98. The molecule has 0 saturated carbocycles. The summed E-state index contributed by atoms with van der Waals surface area (Å²) in [6, 6.07) is 8.86. The molecule has 0 bridgehead atoms. The molecule has 2 saturated heterocycles. The fraction of sp³-hybridized carbons (Fsp3) is 0.667. The Hall–Kier alpha value is -1.39. The van der Waals surface area contributed by atoms with E-state index in [1.54, 1.807) is 0 Å². The summed E-state index contributed by atoms with van der Waals surface area (Å²) in [5, 5.41) is 3.49. The molecule has 0 aliphatic carbocycles. The van der Waals surface area contributed by atoms with Gasteiger partial charge in [0, 0.05) is 38.8 Å². The summed E-state index contributed by atoms with van der Waals surface area (Å²) in [5.41, 5.74) is 2.39. The Kier molecular flexibility index (Phi) is 6.13. The third-order valence-corrected chi connectivity index (χ3v) is 5.92. The van der Waals surface area contributed by atoms with Crippen LogP contribution in [-0.2, 0) is 4.79 Å².